The Balaban J connectivity index is 2.17. The Hall–Kier alpha value is -1.62. The topological polar surface area (TPSA) is 53.4 Å². The number of rotatable bonds is 6. The van der Waals surface area contributed by atoms with E-state index in [0.29, 0.717) is 22.2 Å². The highest BCUT2D eigenvalue weighted by atomic mass is 35.5. The number of benzene rings is 1. The zero-order valence-corrected chi connectivity index (χ0v) is 14.3. The molecule has 0 radical (unpaired) electrons. The van der Waals surface area contributed by atoms with E-state index in [-0.39, 0.29) is 25.5 Å². The monoisotopic (exact) mass is 352 g/mol. The van der Waals surface area contributed by atoms with Gasteiger partial charge in [0.1, 0.15) is 0 Å². The van der Waals surface area contributed by atoms with E-state index in [1.54, 1.807) is 35.5 Å². The fourth-order valence-corrected chi connectivity index (χ4v) is 2.78. The number of pyridine rings is 1. The van der Waals surface area contributed by atoms with Crippen LogP contribution in [0.4, 0.5) is 0 Å². The molecule has 0 aliphatic heterocycles. The van der Waals surface area contributed by atoms with Gasteiger partial charge in [-0.3, -0.25) is 9.78 Å². The van der Waals surface area contributed by atoms with Crippen LogP contribution in [-0.4, -0.2) is 34.0 Å². The predicted octanol–water partition coefficient (Wildman–Crippen LogP) is 3.26. The van der Waals surface area contributed by atoms with E-state index in [1.807, 2.05) is 13.0 Å². The number of aliphatic hydroxyl groups excluding tert-OH is 1. The second-order valence-electron chi connectivity index (χ2n) is 5.22. The second-order valence-corrected chi connectivity index (χ2v) is 6.03. The van der Waals surface area contributed by atoms with Crippen LogP contribution in [0.5, 0.6) is 0 Å². The lowest BCUT2D eigenvalue weighted by atomic mass is 10.1. The molecule has 0 aliphatic rings. The van der Waals surface area contributed by atoms with Gasteiger partial charge >= 0.3 is 0 Å². The summed E-state index contributed by atoms with van der Waals surface area (Å²) < 4.78 is 0. The molecule has 6 heteroatoms. The van der Waals surface area contributed by atoms with Crippen LogP contribution in [0.1, 0.15) is 16.7 Å². The molecule has 1 heterocycles. The molecule has 2 rings (SSSR count). The van der Waals surface area contributed by atoms with Crippen molar-refractivity contribution in [2.75, 3.05) is 13.2 Å². The van der Waals surface area contributed by atoms with E-state index in [9.17, 15) is 9.90 Å². The van der Waals surface area contributed by atoms with Crippen LogP contribution in [0.2, 0.25) is 10.0 Å². The Morgan fingerprint density at radius 1 is 1.26 bits per heavy atom. The maximum Gasteiger partial charge on any atom is 0.227 e. The van der Waals surface area contributed by atoms with Gasteiger partial charge in [0.15, 0.2) is 0 Å². The predicted molar refractivity (Wildman–Crippen MR) is 91.6 cm³/mol. The summed E-state index contributed by atoms with van der Waals surface area (Å²) >= 11 is 12.3. The Labute approximate surface area is 145 Å². The van der Waals surface area contributed by atoms with Crippen molar-refractivity contribution >= 4 is 29.1 Å². The number of hydrogen-bond donors (Lipinski definition) is 1. The van der Waals surface area contributed by atoms with E-state index in [2.05, 4.69) is 4.98 Å². The number of aryl methyl sites for hydroxylation is 1. The second kappa shape index (κ2) is 8.29. The summed E-state index contributed by atoms with van der Waals surface area (Å²) in [6.07, 6.45) is 3.54. The minimum atomic E-state index is -0.141. The summed E-state index contributed by atoms with van der Waals surface area (Å²) in [7, 11) is 0. The van der Waals surface area contributed by atoms with Gasteiger partial charge in [-0.1, -0.05) is 29.3 Å². The number of aliphatic hydroxyl groups is 1. The van der Waals surface area contributed by atoms with Gasteiger partial charge in [-0.15, -0.1) is 0 Å². The van der Waals surface area contributed by atoms with Crippen molar-refractivity contribution in [2.24, 2.45) is 0 Å². The summed E-state index contributed by atoms with van der Waals surface area (Å²) in [6, 6.07) is 7.04. The first kappa shape index (κ1) is 17.7. The van der Waals surface area contributed by atoms with Crippen LogP contribution in [0.3, 0.4) is 0 Å². The van der Waals surface area contributed by atoms with Crippen molar-refractivity contribution in [1.29, 1.82) is 0 Å². The average Bonchev–Trinajstić information content (AvgIpc) is 2.52. The molecule has 23 heavy (non-hydrogen) atoms. The van der Waals surface area contributed by atoms with Crippen molar-refractivity contribution < 1.29 is 9.90 Å². The summed E-state index contributed by atoms with van der Waals surface area (Å²) in [5.74, 6) is -0.141. The van der Waals surface area contributed by atoms with Gasteiger partial charge < -0.3 is 10.0 Å². The maximum absolute atomic E-state index is 12.6. The van der Waals surface area contributed by atoms with Crippen LogP contribution < -0.4 is 0 Å². The zero-order valence-electron chi connectivity index (χ0n) is 12.8. The molecule has 0 aliphatic carbocycles. The lowest BCUT2D eigenvalue weighted by molar-refractivity contribution is -0.131. The minimum Gasteiger partial charge on any atom is -0.395 e. The van der Waals surface area contributed by atoms with Crippen molar-refractivity contribution in [3.8, 4) is 0 Å². The molecule has 1 aromatic heterocycles. The van der Waals surface area contributed by atoms with Gasteiger partial charge in [-0.2, -0.15) is 0 Å². The third kappa shape index (κ3) is 4.67. The summed E-state index contributed by atoms with van der Waals surface area (Å²) in [5, 5.41) is 10.2. The van der Waals surface area contributed by atoms with Crippen molar-refractivity contribution in [2.45, 2.75) is 19.9 Å². The molecular weight excluding hydrogens is 335 g/mol. The van der Waals surface area contributed by atoms with E-state index >= 15 is 0 Å². The molecule has 0 fully saturated rings. The molecule has 4 nitrogen and oxygen atoms in total. The highest BCUT2D eigenvalue weighted by Gasteiger charge is 2.18. The summed E-state index contributed by atoms with van der Waals surface area (Å²) in [4.78, 5) is 18.3. The van der Waals surface area contributed by atoms with Crippen molar-refractivity contribution in [1.82, 2.24) is 9.88 Å². The van der Waals surface area contributed by atoms with Gasteiger partial charge in [0.05, 0.1) is 13.0 Å². The van der Waals surface area contributed by atoms with Gasteiger partial charge in [0.2, 0.25) is 5.91 Å². The SMILES string of the molecule is Cc1ccncc1CN(CCO)C(=O)Cc1c(Cl)cccc1Cl. The van der Waals surface area contributed by atoms with Crippen LogP contribution in [0, 0.1) is 6.92 Å². The molecule has 0 bridgehead atoms. The molecule has 0 unspecified atom stereocenters. The van der Waals surface area contributed by atoms with E-state index in [4.69, 9.17) is 23.2 Å². The standard InChI is InChI=1S/C17H18Cl2N2O2/c1-12-5-6-20-10-13(12)11-21(7-8-22)17(23)9-14-15(18)3-2-4-16(14)19/h2-6,10,22H,7-9,11H2,1H3. The first-order valence-corrected chi connectivity index (χ1v) is 7.99. The number of carbonyl (C=O) groups is 1. The number of nitrogens with zero attached hydrogens (tertiary/aromatic N) is 2. The fraction of sp³-hybridized carbons (Fsp3) is 0.294. The van der Waals surface area contributed by atoms with Crippen molar-refractivity contribution in [3.05, 3.63) is 63.4 Å². The van der Waals surface area contributed by atoms with Crippen LogP contribution >= 0.6 is 23.2 Å². The van der Waals surface area contributed by atoms with Gasteiger partial charge in [-0.25, -0.2) is 0 Å². The molecule has 0 saturated carbocycles. The number of aromatic nitrogens is 1. The summed E-state index contributed by atoms with van der Waals surface area (Å²) in [5.41, 5.74) is 2.60. The van der Waals surface area contributed by atoms with E-state index < -0.39 is 0 Å². The van der Waals surface area contributed by atoms with Gasteiger partial charge in [0.25, 0.3) is 0 Å². The minimum absolute atomic E-state index is 0.0951. The molecule has 122 valence electrons. The number of carbonyl (C=O) groups excluding carboxylic acids is 1. The number of halogens is 2. The fourth-order valence-electron chi connectivity index (χ4n) is 2.24. The average molecular weight is 353 g/mol. The molecular formula is C17H18Cl2N2O2. The number of amides is 1. The smallest absolute Gasteiger partial charge is 0.227 e. The number of hydrogen-bond acceptors (Lipinski definition) is 3. The highest BCUT2D eigenvalue weighted by molar-refractivity contribution is 6.36. The van der Waals surface area contributed by atoms with Crippen LogP contribution in [0.15, 0.2) is 36.7 Å². The Kier molecular flexibility index (Phi) is 6.39. The summed E-state index contributed by atoms with van der Waals surface area (Å²) in [6.45, 7) is 2.49. The molecule has 2 aromatic rings. The van der Waals surface area contributed by atoms with Crippen LogP contribution in [-0.2, 0) is 17.8 Å². The molecule has 1 aromatic carbocycles. The first-order chi connectivity index (χ1) is 11.0. The third-order valence-corrected chi connectivity index (χ3v) is 4.33. The highest BCUT2D eigenvalue weighted by Crippen LogP contribution is 2.25. The molecule has 0 atom stereocenters. The van der Waals surface area contributed by atoms with Crippen LogP contribution in [0.25, 0.3) is 0 Å². The Bertz CT molecular complexity index is 672. The Morgan fingerprint density at radius 3 is 2.57 bits per heavy atom. The molecule has 0 spiro atoms. The zero-order chi connectivity index (χ0) is 16.8. The van der Waals surface area contributed by atoms with Gasteiger partial charge in [0, 0.05) is 35.5 Å². The van der Waals surface area contributed by atoms with Gasteiger partial charge in [-0.05, 0) is 41.8 Å². The maximum atomic E-state index is 12.6. The van der Waals surface area contributed by atoms with E-state index in [0.717, 1.165) is 11.1 Å². The largest absolute Gasteiger partial charge is 0.395 e. The van der Waals surface area contributed by atoms with E-state index in [1.165, 1.54) is 0 Å². The molecule has 1 amide bonds. The Morgan fingerprint density at radius 2 is 1.96 bits per heavy atom. The van der Waals surface area contributed by atoms with Crippen molar-refractivity contribution in [3.63, 3.8) is 0 Å². The first-order valence-electron chi connectivity index (χ1n) is 7.24. The third-order valence-electron chi connectivity index (χ3n) is 3.62. The lowest BCUT2D eigenvalue weighted by Gasteiger charge is -2.23. The quantitative estimate of drug-likeness (QED) is 0.867. The lowest BCUT2D eigenvalue weighted by Crippen LogP contribution is -2.34. The molecule has 0 saturated heterocycles. The molecule has 1 N–H and O–H groups in total. The normalized spacial score (nSPS) is 10.6.